The zero-order chi connectivity index (χ0) is 11.5. The molecule has 2 atom stereocenters. The lowest BCUT2D eigenvalue weighted by molar-refractivity contribution is 0.285. The molecule has 0 aromatic carbocycles. The minimum absolute atomic E-state index is 0.309. The van der Waals surface area contributed by atoms with Crippen molar-refractivity contribution in [3.63, 3.8) is 0 Å². The average Bonchev–Trinajstić information content (AvgIpc) is 2.11. The van der Waals surface area contributed by atoms with Gasteiger partial charge >= 0.3 is 0 Å². The van der Waals surface area contributed by atoms with Crippen LogP contribution in [0.1, 0.15) is 33.6 Å². The van der Waals surface area contributed by atoms with Crippen molar-refractivity contribution in [2.75, 3.05) is 18.1 Å². The van der Waals surface area contributed by atoms with Crippen LogP contribution in [-0.4, -0.2) is 32.5 Å². The van der Waals surface area contributed by atoms with E-state index in [1.807, 2.05) is 0 Å². The van der Waals surface area contributed by atoms with Gasteiger partial charge in [-0.3, -0.25) is 0 Å². The molecule has 1 rings (SSSR count). The first kappa shape index (κ1) is 13.0. The van der Waals surface area contributed by atoms with Crippen molar-refractivity contribution in [3.8, 4) is 0 Å². The highest BCUT2D eigenvalue weighted by Gasteiger charge is 2.31. The quantitative estimate of drug-likeness (QED) is 0.799. The Bertz CT molecular complexity index is 285. The maximum absolute atomic E-state index is 11.6. The van der Waals surface area contributed by atoms with Crippen LogP contribution in [0.15, 0.2) is 0 Å². The van der Waals surface area contributed by atoms with Gasteiger partial charge in [0.1, 0.15) is 0 Å². The van der Waals surface area contributed by atoms with Gasteiger partial charge < -0.3 is 5.32 Å². The molecule has 0 saturated carbocycles. The van der Waals surface area contributed by atoms with Crippen LogP contribution in [0.5, 0.6) is 0 Å². The second-order valence-corrected chi connectivity index (χ2v) is 7.07. The Kier molecular flexibility index (Phi) is 4.59. The SMILES string of the molecule is CCNC(C(C)C)C1CCCS(=O)(=O)C1. The summed E-state index contributed by atoms with van der Waals surface area (Å²) < 4.78 is 23.1. The third-order valence-electron chi connectivity index (χ3n) is 3.16. The van der Waals surface area contributed by atoms with E-state index in [9.17, 15) is 8.42 Å². The Labute approximate surface area is 93.6 Å². The molecule has 4 heteroatoms. The average molecular weight is 233 g/mol. The van der Waals surface area contributed by atoms with Crippen molar-refractivity contribution in [3.05, 3.63) is 0 Å². The van der Waals surface area contributed by atoms with Crippen LogP contribution in [0.3, 0.4) is 0 Å². The molecule has 0 radical (unpaired) electrons. The fourth-order valence-corrected chi connectivity index (χ4v) is 4.32. The first-order valence-corrected chi connectivity index (χ1v) is 7.72. The first-order valence-electron chi connectivity index (χ1n) is 5.90. The molecule has 2 unspecified atom stereocenters. The molecule has 0 spiro atoms. The first-order chi connectivity index (χ1) is 6.96. The maximum atomic E-state index is 11.6. The molecule has 15 heavy (non-hydrogen) atoms. The molecule has 1 aliphatic rings. The highest BCUT2D eigenvalue weighted by molar-refractivity contribution is 7.91. The minimum atomic E-state index is -2.77. The summed E-state index contributed by atoms with van der Waals surface area (Å²) in [5.41, 5.74) is 0. The van der Waals surface area contributed by atoms with Crippen LogP contribution in [0.25, 0.3) is 0 Å². The lowest BCUT2D eigenvalue weighted by Crippen LogP contribution is -2.45. The molecule has 1 aliphatic heterocycles. The van der Waals surface area contributed by atoms with E-state index >= 15 is 0 Å². The molecule has 1 saturated heterocycles. The molecular weight excluding hydrogens is 210 g/mol. The van der Waals surface area contributed by atoms with Gasteiger partial charge in [-0.15, -0.1) is 0 Å². The highest BCUT2D eigenvalue weighted by atomic mass is 32.2. The van der Waals surface area contributed by atoms with E-state index in [0.29, 0.717) is 29.4 Å². The monoisotopic (exact) mass is 233 g/mol. The van der Waals surface area contributed by atoms with Crippen molar-refractivity contribution in [1.82, 2.24) is 5.32 Å². The molecule has 0 bridgehead atoms. The summed E-state index contributed by atoms with van der Waals surface area (Å²) in [5, 5.41) is 3.43. The second kappa shape index (κ2) is 5.30. The van der Waals surface area contributed by atoms with Crippen molar-refractivity contribution >= 4 is 9.84 Å². The van der Waals surface area contributed by atoms with Crippen LogP contribution in [-0.2, 0) is 9.84 Å². The summed E-state index contributed by atoms with van der Waals surface area (Å²) in [6, 6.07) is 0.352. The van der Waals surface area contributed by atoms with Gasteiger partial charge in [0.2, 0.25) is 0 Å². The van der Waals surface area contributed by atoms with Gasteiger partial charge in [0.25, 0.3) is 0 Å². The van der Waals surface area contributed by atoms with Crippen molar-refractivity contribution in [2.45, 2.75) is 39.7 Å². The van der Waals surface area contributed by atoms with Crippen LogP contribution >= 0.6 is 0 Å². The fraction of sp³-hybridized carbons (Fsp3) is 1.00. The number of rotatable bonds is 4. The maximum Gasteiger partial charge on any atom is 0.150 e. The smallest absolute Gasteiger partial charge is 0.150 e. The number of nitrogens with one attached hydrogen (secondary N) is 1. The van der Waals surface area contributed by atoms with Gasteiger partial charge in [-0.25, -0.2) is 8.42 Å². The van der Waals surface area contributed by atoms with E-state index in [-0.39, 0.29) is 0 Å². The van der Waals surface area contributed by atoms with Crippen LogP contribution in [0, 0.1) is 11.8 Å². The summed E-state index contributed by atoms with van der Waals surface area (Å²) >= 11 is 0. The predicted molar refractivity (Wildman–Crippen MR) is 63.7 cm³/mol. The van der Waals surface area contributed by atoms with Gasteiger partial charge in [-0.2, -0.15) is 0 Å². The van der Waals surface area contributed by atoms with Gasteiger partial charge in [-0.1, -0.05) is 20.8 Å². The van der Waals surface area contributed by atoms with E-state index in [1.54, 1.807) is 0 Å². The fourth-order valence-electron chi connectivity index (χ4n) is 2.52. The summed E-state index contributed by atoms with van der Waals surface area (Å²) in [6.07, 6.45) is 1.89. The Morgan fingerprint density at radius 1 is 1.40 bits per heavy atom. The van der Waals surface area contributed by atoms with Gasteiger partial charge in [0, 0.05) is 6.04 Å². The number of sulfone groups is 1. The van der Waals surface area contributed by atoms with Crippen LogP contribution in [0.4, 0.5) is 0 Å². The van der Waals surface area contributed by atoms with E-state index in [4.69, 9.17) is 0 Å². The lowest BCUT2D eigenvalue weighted by Gasteiger charge is -2.33. The molecule has 0 aliphatic carbocycles. The minimum Gasteiger partial charge on any atom is -0.314 e. The lowest BCUT2D eigenvalue weighted by atomic mass is 9.88. The molecule has 0 aromatic rings. The molecule has 1 N–H and O–H groups in total. The summed E-state index contributed by atoms with van der Waals surface area (Å²) in [6.45, 7) is 7.31. The van der Waals surface area contributed by atoms with Gasteiger partial charge in [0.05, 0.1) is 11.5 Å². The zero-order valence-electron chi connectivity index (χ0n) is 9.99. The molecule has 1 fully saturated rings. The van der Waals surface area contributed by atoms with Crippen molar-refractivity contribution < 1.29 is 8.42 Å². The van der Waals surface area contributed by atoms with Crippen LogP contribution in [0.2, 0.25) is 0 Å². The molecule has 1 heterocycles. The predicted octanol–water partition coefficient (Wildman–Crippen LogP) is 1.45. The van der Waals surface area contributed by atoms with E-state index in [2.05, 4.69) is 26.1 Å². The van der Waals surface area contributed by atoms with E-state index < -0.39 is 9.84 Å². The van der Waals surface area contributed by atoms with Crippen LogP contribution < -0.4 is 5.32 Å². The number of hydrogen-bond donors (Lipinski definition) is 1. The molecular formula is C11H23NO2S. The number of hydrogen-bond acceptors (Lipinski definition) is 3. The van der Waals surface area contributed by atoms with Gasteiger partial charge in [0.15, 0.2) is 9.84 Å². The normalized spacial score (nSPS) is 27.9. The summed E-state index contributed by atoms with van der Waals surface area (Å²) in [5.74, 6) is 1.58. The highest BCUT2D eigenvalue weighted by Crippen LogP contribution is 2.25. The summed E-state index contributed by atoms with van der Waals surface area (Å²) in [4.78, 5) is 0. The summed E-state index contributed by atoms with van der Waals surface area (Å²) in [7, 11) is -2.77. The molecule has 0 amide bonds. The Balaban J connectivity index is 2.67. The van der Waals surface area contributed by atoms with E-state index in [1.165, 1.54) is 0 Å². The van der Waals surface area contributed by atoms with Crippen molar-refractivity contribution in [2.24, 2.45) is 11.8 Å². The Hall–Kier alpha value is -0.0900. The van der Waals surface area contributed by atoms with Gasteiger partial charge in [-0.05, 0) is 31.2 Å². The Morgan fingerprint density at radius 2 is 2.07 bits per heavy atom. The Morgan fingerprint density at radius 3 is 2.53 bits per heavy atom. The molecule has 90 valence electrons. The van der Waals surface area contributed by atoms with E-state index in [0.717, 1.165) is 19.4 Å². The largest absolute Gasteiger partial charge is 0.314 e. The second-order valence-electron chi connectivity index (χ2n) is 4.84. The third kappa shape index (κ3) is 3.76. The molecule has 0 aromatic heterocycles. The molecule has 3 nitrogen and oxygen atoms in total. The van der Waals surface area contributed by atoms with Crippen molar-refractivity contribution in [1.29, 1.82) is 0 Å². The topological polar surface area (TPSA) is 46.2 Å². The zero-order valence-corrected chi connectivity index (χ0v) is 10.8. The standard InChI is InChI=1S/C11H23NO2S/c1-4-12-11(9(2)3)10-6-5-7-15(13,14)8-10/h9-12H,4-8H2,1-3H3. The third-order valence-corrected chi connectivity index (χ3v) is 5.01.